The molecule has 2 amide bonds. The maximum Gasteiger partial charge on any atom is 0.274 e. The molecule has 2 aromatic rings. The van der Waals surface area contributed by atoms with Crippen LogP contribution in [-0.2, 0) is 9.59 Å². The smallest absolute Gasteiger partial charge is 0.274 e. The Labute approximate surface area is 103 Å². The Balaban J connectivity index is 2.34. The number of rotatable bonds is 1. The third kappa shape index (κ3) is 1.39. The summed E-state index contributed by atoms with van der Waals surface area (Å²) in [6, 6.07) is 13.2. The van der Waals surface area contributed by atoms with Crippen molar-refractivity contribution in [2.75, 3.05) is 0 Å². The molecule has 2 aromatic carbocycles. The van der Waals surface area contributed by atoms with Gasteiger partial charge in [-0.3, -0.25) is 14.9 Å². The van der Waals surface area contributed by atoms with E-state index in [1.54, 1.807) is 6.07 Å². The van der Waals surface area contributed by atoms with Crippen molar-refractivity contribution in [3.8, 4) is 0 Å². The number of amides is 2. The summed E-state index contributed by atoms with van der Waals surface area (Å²) < 4.78 is 0. The number of imide groups is 1. The molecule has 4 heteroatoms. The average Bonchev–Trinajstić information content (AvgIpc) is 2.63. The summed E-state index contributed by atoms with van der Waals surface area (Å²) in [5.41, 5.74) is 6.62. The summed E-state index contributed by atoms with van der Waals surface area (Å²) in [5.74, 6) is -0.961. The molecule has 0 saturated heterocycles. The third-order valence-electron chi connectivity index (χ3n) is 3.03. The second-order valence-corrected chi connectivity index (χ2v) is 4.10. The molecule has 0 fully saturated rings. The second kappa shape index (κ2) is 3.70. The largest absolute Gasteiger partial charge is 0.394 e. The number of hydrogen-bond donors (Lipinski definition) is 2. The first kappa shape index (κ1) is 10.5. The van der Waals surface area contributed by atoms with Crippen molar-refractivity contribution < 1.29 is 9.59 Å². The van der Waals surface area contributed by atoms with E-state index in [1.165, 1.54) is 0 Å². The molecule has 88 valence electrons. The highest BCUT2D eigenvalue weighted by atomic mass is 16.2. The van der Waals surface area contributed by atoms with Gasteiger partial charge in [-0.15, -0.1) is 0 Å². The number of hydrogen-bond acceptors (Lipinski definition) is 3. The highest BCUT2D eigenvalue weighted by molar-refractivity contribution is 6.37. The topological polar surface area (TPSA) is 72.2 Å². The van der Waals surface area contributed by atoms with E-state index >= 15 is 0 Å². The van der Waals surface area contributed by atoms with Gasteiger partial charge in [-0.1, -0.05) is 42.5 Å². The average molecular weight is 238 g/mol. The van der Waals surface area contributed by atoms with Crippen LogP contribution in [0.4, 0.5) is 0 Å². The van der Waals surface area contributed by atoms with Crippen LogP contribution in [0.2, 0.25) is 0 Å². The Hall–Kier alpha value is -2.62. The second-order valence-electron chi connectivity index (χ2n) is 4.10. The van der Waals surface area contributed by atoms with Gasteiger partial charge in [0.2, 0.25) is 0 Å². The van der Waals surface area contributed by atoms with Crippen LogP contribution < -0.4 is 11.1 Å². The fourth-order valence-corrected chi connectivity index (χ4v) is 2.18. The van der Waals surface area contributed by atoms with E-state index in [0.717, 1.165) is 10.8 Å². The Kier molecular flexibility index (Phi) is 2.16. The van der Waals surface area contributed by atoms with Gasteiger partial charge in [-0.2, -0.15) is 0 Å². The SMILES string of the molecule is NC1=C(c2cccc3ccccc23)C(=O)NC1=O. The minimum absolute atomic E-state index is 0.0173. The molecule has 0 unspecified atom stereocenters. The van der Waals surface area contributed by atoms with Gasteiger partial charge >= 0.3 is 0 Å². The van der Waals surface area contributed by atoms with Crippen LogP contribution in [0.15, 0.2) is 48.2 Å². The molecule has 3 rings (SSSR count). The maximum atomic E-state index is 11.8. The lowest BCUT2D eigenvalue weighted by Gasteiger charge is -2.06. The van der Waals surface area contributed by atoms with Crippen molar-refractivity contribution in [2.24, 2.45) is 5.73 Å². The van der Waals surface area contributed by atoms with Crippen molar-refractivity contribution in [1.82, 2.24) is 5.32 Å². The lowest BCUT2D eigenvalue weighted by molar-refractivity contribution is -0.123. The molecule has 1 heterocycles. The molecule has 0 saturated carbocycles. The van der Waals surface area contributed by atoms with Crippen LogP contribution in [0, 0.1) is 0 Å². The Morgan fingerprint density at radius 2 is 1.61 bits per heavy atom. The number of fused-ring (bicyclic) bond motifs is 1. The van der Waals surface area contributed by atoms with Crippen molar-refractivity contribution in [3.05, 3.63) is 53.7 Å². The van der Waals surface area contributed by atoms with Gasteiger partial charge in [0.25, 0.3) is 11.8 Å². The van der Waals surface area contributed by atoms with E-state index in [0.29, 0.717) is 5.56 Å². The Bertz CT molecular complexity index is 711. The fourth-order valence-electron chi connectivity index (χ4n) is 2.18. The van der Waals surface area contributed by atoms with Crippen LogP contribution in [-0.4, -0.2) is 11.8 Å². The normalized spacial score (nSPS) is 15.3. The number of nitrogens with one attached hydrogen (secondary N) is 1. The molecule has 0 aromatic heterocycles. The zero-order valence-electron chi connectivity index (χ0n) is 9.44. The molecule has 0 bridgehead atoms. The van der Waals surface area contributed by atoms with E-state index < -0.39 is 11.8 Å². The van der Waals surface area contributed by atoms with Crippen LogP contribution in [0.5, 0.6) is 0 Å². The highest BCUT2D eigenvalue weighted by Gasteiger charge is 2.29. The van der Waals surface area contributed by atoms with E-state index in [-0.39, 0.29) is 11.3 Å². The first-order chi connectivity index (χ1) is 8.68. The fraction of sp³-hybridized carbons (Fsp3) is 0. The molecule has 1 aliphatic heterocycles. The summed E-state index contributed by atoms with van der Waals surface area (Å²) >= 11 is 0. The molecule has 0 atom stereocenters. The molecular weight excluding hydrogens is 228 g/mol. The summed E-state index contributed by atoms with van der Waals surface area (Å²) in [6.07, 6.45) is 0. The quantitative estimate of drug-likeness (QED) is 0.732. The first-order valence-corrected chi connectivity index (χ1v) is 5.52. The molecule has 18 heavy (non-hydrogen) atoms. The van der Waals surface area contributed by atoms with Crippen LogP contribution >= 0.6 is 0 Å². The molecule has 0 spiro atoms. The first-order valence-electron chi connectivity index (χ1n) is 5.52. The zero-order valence-corrected chi connectivity index (χ0v) is 9.44. The van der Waals surface area contributed by atoms with Gasteiger partial charge in [0.05, 0.1) is 5.57 Å². The van der Waals surface area contributed by atoms with Gasteiger partial charge < -0.3 is 5.73 Å². The monoisotopic (exact) mass is 238 g/mol. The van der Waals surface area contributed by atoms with Crippen LogP contribution in [0.1, 0.15) is 5.56 Å². The van der Waals surface area contributed by atoms with E-state index in [9.17, 15) is 9.59 Å². The molecule has 3 N–H and O–H groups in total. The standard InChI is InChI=1S/C14H10N2O2/c15-12-11(13(17)16-14(12)18)10-7-3-5-8-4-1-2-6-9(8)10/h1-7H,(H3,15,16,17,18). The maximum absolute atomic E-state index is 11.8. The summed E-state index contributed by atoms with van der Waals surface area (Å²) in [4.78, 5) is 23.2. The van der Waals surface area contributed by atoms with Gasteiger partial charge in [-0.05, 0) is 16.3 Å². The van der Waals surface area contributed by atoms with Gasteiger partial charge in [-0.25, -0.2) is 0 Å². The Morgan fingerprint density at radius 1 is 0.889 bits per heavy atom. The predicted octanol–water partition coefficient (Wildman–Crippen LogP) is 1.17. The zero-order chi connectivity index (χ0) is 12.7. The highest BCUT2D eigenvalue weighted by Crippen LogP contribution is 2.28. The summed E-state index contributed by atoms with van der Waals surface area (Å²) in [7, 11) is 0. The van der Waals surface area contributed by atoms with Crippen molar-refractivity contribution >= 4 is 28.2 Å². The van der Waals surface area contributed by atoms with E-state index in [1.807, 2.05) is 36.4 Å². The van der Waals surface area contributed by atoms with Crippen molar-refractivity contribution in [1.29, 1.82) is 0 Å². The molecule has 0 radical (unpaired) electrons. The molecule has 0 aliphatic carbocycles. The number of carbonyl (C=O) groups excluding carboxylic acids is 2. The van der Waals surface area contributed by atoms with Gasteiger partial charge in [0, 0.05) is 0 Å². The Morgan fingerprint density at radius 3 is 2.33 bits per heavy atom. The third-order valence-corrected chi connectivity index (χ3v) is 3.03. The van der Waals surface area contributed by atoms with Crippen LogP contribution in [0.3, 0.4) is 0 Å². The van der Waals surface area contributed by atoms with Gasteiger partial charge in [0.15, 0.2) is 0 Å². The molecule has 4 nitrogen and oxygen atoms in total. The van der Waals surface area contributed by atoms with E-state index in [2.05, 4.69) is 5.32 Å². The predicted molar refractivity (Wildman–Crippen MR) is 68.2 cm³/mol. The number of carbonyl (C=O) groups is 2. The lowest BCUT2D eigenvalue weighted by atomic mass is 9.97. The van der Waals surface area contributed by atoms with Crippen molar-refractivity contribution in [2.45, 2.75) is 0 Å². The van der Waals surface area contributed by atoms with Crippen LogP contribution in [0.25, 0.3) is 16.3 Å². The number of nitrogens with two attached hydrogens (primary N) is 1. The summed E-state index contributed by atoms with van der Waals surface area (Å²) in [5, 5.41) is 4.11. The minimum Gasteiger partial charge on any atom is -0.394 e. The lowest BCUT2D eigenvalue weighted by Crippen LogP contribution is -2.24. The summed E-state index contributed by atoms with van der Waals surface area (Å²) in [6.45, 7) is 0. The van der Waals surface area contributed by atoms with Gasteiger partial charge in [0.1, 0.15) is 5.70 Å². The van der Waals surface area contributed by atoms with Crippen molar-refractivity contribution in [3.63, 3.8) is 0 Å². The van der Waals surface area contributed by atoms with E-state index in [4.69, 9.17) is 5.73 Å². The molecule has 1 aliphatic rings. The minimum atomic E-state index is -0.525. The number of benzene rings is 2. The molecular formula is C14H10N2O2.